The SMILES string of the molecule is CC.CC.Cc1cccc(-c2csc(C)n2)c1. The van der Waals surface area contributed by atoms with Crippen molar-refractivity contribution in [3.63, 3.8) is 0 Å². The smallest absolute Gasteiger partial charge is 0.0901 e. The first kappa shape index (κ1) is 15.9. The molecule has 0 aliphatic heterocycles. The third-order valence-electron chi connectivity index (χ3n) is 1.93. The Kier molecular flexibility index (Phi) is 8.34. The topological polar surface area (TPSA) is 12.9 Å². The van der Waals surface area contributed by atoms with E-state index < -0.39 is 0 Å². The number of benzene rings is 1. The first-order valence-electron chi connectivity index (χ1n) is 6.25. The summed E-state index contributed by atoms with van der Waals surface area (Å²) in [5, 5.41) is 3.22. The second-order valence-corrected chi connectivity index (χ2v) is 4.18. The lowest BCUT2D eigenvalue weighted by Gasteiger charge is -1.97. The summed E-state index contributed by atoms with van der Waals surface area (Å²) >= 11 is 1.69. The van der Waals surface area contributed by atoms with Gasteiger partial charge in [0.1, 0.15) is 0 Å². The Morgan fingerprint density at radius 3 is 2.12 bits per heavy atom. The second kappa shape index (κ2) is 8.94. The Morgan fingerprint density at radius 1 is 1.00 bits per heavy atom. The molecule has 0 fully saturated rings. The summed E-state index contributed by atoms with van der Waals surface area (Å²) in [6.07, 6.45) is 0. The molecule has 2 heteroatoms. The summed E-state index contributed by atoms with van der Waals surface area (Å²) in [5.74, 6) is 0. The zero-order valence-corrected chi connectivity index (χ0v) is 12.6. The molecule has 0 bridgehead atoms. The van der Waals surface area contributed by atoms with Gasteiger partial charge in [0.2, 0.25) is 0 Å². The van der Waals surface area contributed by atoms with Crippen molar-refractivity contribution < 1.29 is 0 Å². The molecular formula is C15H23NS. The summed E-state index contributed by atoms with van der Waals surface area (Å²) in [5.41, 5.74) is 3.58. The van der Waals surface area contributed by atoms with E-state index in [1.165, 1.54) is 11.1 Å². The van der Waals surface area contributed by atoms with Crippen LogP contribution in [0.3, 0.4) is 0 Å². The normalized spacial score (nSPS) is 8.59. The van der Waals surface area contributed by atoms with Gasteiger partial charge in [-0.2, -0.15) is 0 Å². The highest BCUT2D eigenvalue weighted by Gasteiger charge is 2.00. The molecule has 0 amide bonds. The van der Waals surface area contributed by atoms with Gasteiger partial charge in [0.05, 0.1) is 10.7 Å². The van der Waals surface area contributed by atoms with Gasteiger partial charge in [0.25, 0.3) is 0 Å². The first-order chi connectivity index (χ1) is 8.25. The van der Waals surface area contributed by atoms with E-state index in [4.69, 9.17) is 0 Å². The largest absolute Gasteiger partial charge is 0.242 e. The lowest BCUT2D eigenvalue weighted by Crippen LogP contribution is -1.79. The molecule has 0 spiro atoms. The van der Waals surface area contributed by atoms with E-state index >= 15 is 0 Å². The highest BCUT2D eigenvalue weighted by molar-refractivity contribution is 7.09. The molecule has 0 saturated heterocycles. The molecule has 0 aliphatic carbocycles. The van der Waals surface area contributed by atoms with Crippen molar-refractivity contribution in [3.8, 4) is 11.3 Å². The molecular weight excluding hydrogens is 226 g/mol. The third-order valence-corrected chi connectivity index (χ3v) is 2.71. The molecule has 1 heterocycles. The molecule has 0 atom stereocenters. The fourth-order valence-electron chi connectivity index (χ4n) is 1.30. The molecule has 0 saturated carbocycles. The quantitative estimate of drug-likeness (QED) is 0.652. The monoisotopic (exact) mass is 249 g/mol. The number of hydrogen-bond donors (Lipinski definition) is 0. The van der Waals surface area contributed by atoms with E-state index in [1.807, 2.05) is 34.6 Å². The Labute approximate surface area is 110 Å². The average molecular weight is 249 g/mol. The molecule has 0 N–H and O–H groups in total. The molecule has 94 valence electrons. The lowest BCUT2D eigenvalue weighted by atomic mass is 10.1. The summed E-state index contributed by atoms with van der Waals surface area (Å²) < 4.78 is 0. The minimum atomic E-state index is 1.09. The molecule has 0 aliphatic rings. The van der Waals surface area contributed by atoms with Crippen LogP contribution in [0.5, 0.6) is 0 Å². The minimum Gasteiger partial charge on any atom is -0.242 e. The highest BCUT2D eigenvalue weighted by Crippen LogP contribution is 2.21. The summed E-state index contributed by atoms with van der Waals surface area (Å²) in [6.45, 7) is 12.1. The maximum atomic E-state index is 4.44. The van der Waals surface area contributed by atoms with Crippen molar-refractivity contribution in [2.24, 2.45) is 0 Å². The Bertz CT molecular complexity index is 418. The van der Waals surface area contributed by atoms with Crippen molar-refractivity contribution in [3.05, 3.63) is 40.2 Å². The molecule has 2 rings (SSSR count). The minimum absolute atomic E-state index is 1.09. The van der Waals surface area contributed by atoms with Crippen LogP contribution in [0.1, 0.15) is 38.3 Å². The van der Waals surface area contributed by atoms with Crippen LogP contribution in [0.15, 0.2) is 29.6 Å². The Morgan fingerprint density at radius 2 is 1.65 bits per heavy atom. The van der Waals surface area contributed by atoms with Crippen LogP contribution in [0.4, 0.5) is 0 Å². The van der Waals surface area contributed by atoms with Crippen LogP contribution in [0.25, 0.3) is 11.3 Å². The highest BCUT2D eigenvalue weighted by atomic mass is 32.1. The fraction of sp³-hybridized carbons (Fsp3) is 0.400. The van der Waals surface area contributed by atoms with E-state index in [9.17, 15) is 0 Å². The van der Waals surface area contributed by atoms with E-state index in [0.717, 1.165) is 10.7 Å². The van der Waals surface area contributed by atoms with Crippen molar-refractivity contribution >= 4 is 11.3 Å². The van der Waals surface area contributed by atoms with Crippen LogP contribution >= 0.6 is 11.3 Å². The van der Waals surface area contributed by atoms with Crippen LogP contribution in [-0.2, 0) is 0 Å². The van der Waals surface area contributed by atoms with Gasteiger partial charge in [-0.05, 0) is 19.9 Å². The Hall–Kier alpha value is -1.15. The lowest BCUT2D eigenvalue weighted by molar-refractivity contribution is 1.29. The predicted molar refractivity (Wildman–Crippen MR) is 79.7 cm³/mol. The fourth-order valence-corrected chi connectivity index (χ4v) is 1.92. The van der Waals surface area contributed by atoms with E-state index in [-0.39, 0.29) is 0 Å². The summed E-state index contributed by atoms with van der Waals surface area (Å²) in [4.78, 5) is 4.44. The van der Waals surface area contributed by atoms with Gasteiger partial charge in [-0.1, -0.05) is 51.5 Å². The van der Waals surface area contributed by atoms with Crippen LogP contribution < -0.4 is 0 Å². The van der Waals surface area contributed by atoms with Crippen LogP contribution in [0.2, 0.25) is 0 Å². The summed E-state index contributed by atoms with van der Waals surface area (Å²) in [7, 11) is 0. The second-order valence-electron chi connectivity index (χ2n) is 3.12. The zero-order chi connectivity index (χ0) is 13.3. The maximum absolute atomic E-state index is 4.44. The standard InChI is InChI=1S/C11H11NS.2C2H6/c1-8-4-3-5-10(6-8)11-7-13-9(2)12-11;2*1-2/h3-7H,1-2H3;2*1-2H3. The van der Waals surface area contributed by atoms with Gasteiger partial charge in [-0.25, -0.2) is 4.98 Å². The molecule has 0 radical (unpaired) electrons. The number of nitrogens with zero attached hydrogens (tertiary/aromatic N) is 1. The molecule has 2 aromatic rings. The first-order valence-corrected chi connectivity index (χ1v) is 7.13. The number of hydrogen-bond acceptors (Lipinski definition) is 2. The van der Waals surface area contributed by atoms with Crippen LogP contribution in [0, 0.1) is 13.8 Å². The van der Waals surface area contributed by atoms with Crippen molar-refractivity contribution in [2.75, 3.05) is 0 Å². The summed E-state index contributed by atoms with van der Waals surface area (Å²) in [6, 6.07) is 8.43. The van der Waals surface area contributed by atoms with Gasteiger partial charge >= 0.3 is 0 Å². The van der Waals surface area contributed by atoms with Gasteiger partial charge < -0.3 is 0 Å². The third kappa shape index (κ3) is 5.14. The molecule has 0 unspecified atom stereocenters. The zero-order valence-electron chi connectivity index (χ0n) is 11.7. The number of rotatable bonds is 1. The molecule has 17 heavy (non-hydrogen) atoms. The molecule has 1 aromatic carbocycles. The number of aromatic nitrogens is 1. The van der Waals surface area contributed by atoms with E-state index in [0.29, 0.717) is 0 Å². The van der Waals surface area contributed by atoms with E-state index in [1.54, 1.807) is 11.3 Å². The number of aryl methyl sites for hydroxylation is 2. The van der Waals surface area contributed by atoms with Crippen molar-refractivity contribution in [2.45, 2.75) is 41.5 Å². The molecule has 1 nitrogen and oxygen atoms in total. The van der Waals surface area contributed by atoms with Gasteiger partial charge in [-0.3, -0.25) is 0 Å². The van der Waals surface area contributed by atoms with Crippen molar-refractivity contribution in [1.82, 2.24) is 4.98 Å². The van der Waals surface area contributed by atoms with Gasteiger partial charge in [0.15, 0.2) is 0 Å². The number of thiazole rings is 1. The van der Waals surface area contributed by atoms with Crippen LogP contribution in [-0.4, -0.2) is 4.98 Å². The van der Waals surface area contributed by atoms with Gasteiger partial charge in [0, 0.05) is 10.9 Å². The molecule has 1 aromatic heterocycles. The predicted octanol–water partition coefficient (Wildman–Crippen LogP) is 5.48. The Balaban J connectivity index is 0.000000581. The van der Waals surface area contributed by atoms with Gasteiger partial charge in [-0.15, -0.1) is 11.3 Å². The average Bonchev–Trinajstić information content (AvgIpc) is 2.81. The maximum Gasteiger partial charge on any atom is 0.0901 e. The van der Waals surface area contributed by atoms with Crippen molar-refractivity contribution in [1.29, 1.82) is 0 Å². The van der Waals surface area contributed by atoms with E-state index in [2.05, 4.69) is 41.6 Å².